The van der Waals surface area contributed by atoms with Crippen molar-refractivity contribution in [3.8, 4) is 22.3 Å². The van der Waals surface area contributed by atoms with E-state index in [1.54, 1.807) is 0 Å². The molecule has 2 N–H and O–H groups in total. The minimum absolute atomic E-state index is 0.811. The lowest BCUT2D eigenvalue weighted by Gasteiger charge is -2.33. The van der Waals surface area contributed by atoms with Gasteiger partial charge in [-0.15, -0.1) is 0 Å². The molecule has 0 aromatic heterocycles. The largest absolute Gasteiger partial charge is 0.398 e. The second-order valence-corrected chi connectivity index (χ2v) is 8.70. The Balaban J connectivity index is 1.56. The minimum Gasteiger partial charge on any atom is -0.398 e. The van der Waals surface area contributed by atoms with E-state index >= 15 is 0 Å². The zero-order valence-corrected chi connectivity index (χ0v) is 18.7. The molecule has 0 spiro atoms. The summed E-state index contributed by atoms with van der Waals surface area (Å²) in [6.07, 6.45) is 11.5. The molecule has 0 saturated heterocycles. The molecule has 0 fully saturated rings. The van der Waals surface area contributed by atoms with Gasteiger partial charge >= 0.3 is 0 Å². The summed E-state index contributed by atoms with van der Waals surface area (Å²) in [6, 6.07) is 25.8. The number of hydrogen-bond donors (Lipinski definition) is 1. The van der Waals surface area contributed by atoms with Gasteiger partial charge in [0.1, 0.15) is 0 Å². The Labute approximate surface area is 191 Å². The Bertz CT molecular complexity index is 1210. The smallest absolute Gasteiger partial charge is 0.0414 e. The molecule has 3 aromatic rings. The average Bonchev–Trinajstić information content (AvgIpc) is 2.84. The molecule has 3 aromatic carbocycles. The molecule has 1 heterocycles. The first-order chi connectivity index (χ1) is 15.7. The van der Waals surface area contributed by atoms with E-state index < -0.39 is 0 Å². The van der Waals surface area contributed by atoms with Gasteiger partial charge in [-0.3, -0.25) is 0 Å². The maximum absolute atomic E-state index is 6.34. The van der Waals surface area contributed by atoms with Gasteiger partial charge in [-0.1, -0.05) is 66.8 Å². The molecule has 0 radical (unpaired) electrons. The first-order valence-corrected chi connectivity index (χ1v) is 11.6. The number of benzene rings is 3. The molecule has 32 heavy (non-hydrogen) atoms. The monoisotopic (exact) mass is 418 g/mol. The molecule has 0 saturated carbocycles. The van der Waals surface area contributed by atoms with Crippen LogP contribution in [0.3, 0.4) is 0 Å². The van der Waals surface area contributed by atoms with Crippen LogP contribution in [0.5, 0.6) is 0 Å². The second kappa shape index (κ2) is 8.92. The highest BCUT2D eigenvalue weighted by atomic mass is 15.1. The zero-order valence-electron chi connectivity index (χ0n) is 18.7. The summed E-state index contributed by atoms with van der Waals surface area (Å²) in [4.78, 5) is 2.55. The van der Waals surface area contributed by atoms with Gasteiger partial charge in [0.05, 0.1) is 0 Å². The third-order valence-corrected chi connectivity index (χ3v) is 6.56. The van der Waals surface area contributed by atoms with Gasteiger partial charge in [0.2, 0.25) is 0 Å². The molecular weight excluding hydrogens is 388 g/mol. The van der Waals surface area contributed by atoms with Gasteiger partial charge in [-0.05, 0) is 84.7 Å². The molecule has 2 heteroatoms. The molecule has 5 rings (SSSR count). The van der Waals surface area contributed by atoms with Crippen molar-refractivity contribution in [2.75, 3.05) is 17.2 Å². The first-order valence-electron chi connectivity index (χ1n) is 11.6. The third-order valence-electron chi connectivity index (χ3n) is 6.56. The van der Waals surface area contributed by atoms with Crippen molar-refractivity contribution in [1.82, 2.24) is 0 Å². The molecule has 1 aliphatic heterocycles. The fraction of sp³-hybridized carbons (Fsp3) is 0.200. The van der Waals surface area contributed by atoms with Crippen LogP contribution in [0.2, 0.25) is 0 Å². The fourth-order valence-corrected chi connectivity index (χ4v) is 4.85. The number of rotatable bonds is 3. The van der Waals surface area contributed by atoms with E-state index in [0.717, 1.165) is 42.6 Å². The van der Waals surface area contributed by atoms with Crippen LogP contribution in [0.25, 0.3) is 22.3 Å². The van der Waals surface area contributed by atoms with Crippen LogP contribution in [0.4, 0.5) is 11.4 Å². The molecular formula is C30H30N2. The van der Waals surface area contributed by atoms with Crippen LogP contribution in [-0.2, 0) is 0 Å². The summed E-state index contributed by atoms with van der Waals surface area (Å²) in [5, 5.41) is 0. The standard InChI is InChI=1S/C30H30N2/c1-22-10-7-8-19-32(30-16-6-5-15-27(22)30)26-14-9-13-24(20-26)25-17-18-29(31)28(21-25)23-11-3-2-4-12-23/h2-5,9-15,17-18,20-21H,6-8,16,19,31H2,1H3/b22-10+. The van der Waals surface area contributed by atoms with Crippen molar-refractivity contribution in [3.63, 3.8) is 0 Å². The van der Waals surface area contributed by atoms with Gasteiger partial charge in [0.15, 0.2) is 0 Å². The van der Waals surface area contributed by atoms with Crippen LogP contribution in [0, 0.1) is 0 Å². The summed E-state index contributed by atoms with van der Waals surface area (Å²) in [6.45, 7) is 3.31. The molecule has 1 aliphatic carbocycles. The molecule has 0 amide bonds. The number of hydrogen-bond acceptors (Lipinski definition) is 2. The maximum atomic E-state index is 6.34. The maximum Gasteiger partial charge on any atom is 0.0414 e. The predicted molar refractivity (Wildman–Crippen MR) is 137 cm³/mol. The highest BCUT2D eigenvalue weighted by Gasteiger charge is 2.20. The van der Waals surface area contributed by atoms with E-state index in [-0.39, 0.29) is 0 Å². The van der Waals surface area contributed by atoms with Crippen molar-refractivity contribution in [2.24, 2.45) is 0 Å². The number of anilines is 2. The quantitative estimate of drug-likeness (QED) is 0.441. The molecule has 0 atom stereocenters. The van der Waals surface area contributed by atoms with Crippen LogP contribution in [-0.4, -0.2) is 6.54 Å². The summed E-state index contributed by atoms with van der Waals surface area (Å²) >= 11 is 0. The van der Waals surface area contributed by atoms with Crippen LogP contribution >= 0.6 is 0 Å². The van der Waals surface area contributed by atoms with E-state index in [0.29, 0.717) is 0 Å². The van der Waals surface area contributed by atoms with Gasteiger partial charge in [-0.25, -0.2) is 0 Å². The van der Waals surface area contributed by atoms with Gasteiger partial charge in [0, 0.05) is 29.2 Å². The summed E-state index contributed by atoms with van der Waals surface area (Å²) < 4.78 is 0. The molecule has 160 valence electrons. The van der Waals surface area contributed by atoms with Crippen molar-refractivity contribution < 1.29 is 0 Å². The Morgan fingerprint density at radius 1 is 0.812 bits per heavy atom. The SMILES string of the molecule is C/C1=C\CCCN(c2cccc(-c3ccc(N)c(-c4ccccc4)c3)c2)C2=C1C=CCC2. The van der Waals surface area contributed by atoms with E-state index in [4.69, 9.17) is 5.73 Å². The van der Waals surface area contributed by atoms with Crippen molar-refractivity contribution in [1.29, 1.82) is 0 Å². The van der Waals surface area contributed by atoms with Crippen molar-refractivity contribution in [2.45, 2.75) is 32.6 Å². The van der Waals surface area contributed by atoms with Crippen molar-refractivity contribution >= 4 is 11.4 Å². The zero-order chi connectivity index (χ0) is 21.9. The number of nitrogens with two attached hydrogens (primary N) is 1. The average molecular weight is 419 g/mol. The highest BCUT2D eigenvalue weighted by Crippen LogP contribution is 2.36. The summed E-state index contributed by atoms with van der Waals surface area (Å²) in [5.41, 5.74) is 17.3. The molecule has 2 aliphatic rings. The topological polar surface area (TPSA) is 29.3 Å². The van der Waals surface area contributed by atoms with E-state index in [9.17, 15) is 0 Å². The molecule has 2 nitrogen and oxygen atoms in total. The Hall–Kier alpha value is -3.52. The Morgan fingerprint density at radius 2 is 1.62 bits per heavy atom. The fourth-order valence-electron chi connectivity index (χ4n) is 4.85. The van der Waals surface area contributed by atoms with E-state index in [1.165, 1.54) is 40.1 Å². The lowest BCUT2D eigenvalue weighted by atomic mass is 9.93. The van der Waals surface area contributed by atoms with Crippen LogP contribution < -0.4 is 10.6 Å². The number of allylic oxidation sites excluding steroid dienone is 6. The highest BCUT2D eigenvalue weighted by molar-refractivity contribution is 5.82. The van der Waals surface area contributed by atoms with Gasteiger partial charge < -0.3 is 10.6 Å². The normalized spacial score (nSPS) is 17.9. The van der Waals surface area contributed by atoms with Gasteiger partial charge in [-0.2, -0.15) is 0 Å². The Kier molecular flexibility index (Phi) is 5.68. The number of nitrogen functional groups attached to an aromatic ring is 1. The lowest BCUT2D eigenvalue weighted by molar-refractivity contribution is 0.747. The predicted octanol–water partition coefficient (Wildman–Crippen LogP) is 7.75. The van der Waals surface area contributed by atoms with E-state index in [1.807, 2.05) is 12.1 Å². The lowest BCUT2D eigenvalue weighted by Crippen LogP contribution is -2.27. The molecule has 0 bridgehead atoms. The Morgan fingerprint density at radius 3 is 2.50 bits per heavy atom. The van der Waals surface area contributed by atoms with Crippen LogP contribution in [0.15, 0.2) is 108 Å². The molecule has 0 unspecified atom stereocenters. The summed E-state index contributed by atoms with van der Waals surface area (Å²) in [7, 11) is 0. The summed E-state index contributed by atoms with van der Waals surface area (Å²) in [5.74, 6) is 0. The minimum atomic E-state index is 0.811. The third kappa shape index (κ3) is 4.01. The van der Waals surface area contributed by atoms with E-state index in [2.05, 4.69) is 90.7 Å². The van der Waals surface area contributed by atoms with Crippen LogP contribution in [0.1, 0.15) is 32.6 Å². The number of nitrogens with zero attached hydrogens (tertiary/aromatic N) is 1. The first kappa shape index (κ1) is 20.4. The second-order valence-electron chi connectivity index (χ2n) is 8.70. The van der Waals surface area contributed by atoms with Crippen molar-refractivity contribution in [3.05, 3.63) is 108 Å². The van der Waals surface area contributed by atoms with Gasteiger partial charge in [0.25, 0.3) is 0 Å².